The summed E-state index contributed by atoms with van der Waals surface area (Å²) in [4.78, 5) is 13.7. The Morgan fingerprint density at radius 2 is 2.13 bits per heavy atom. The van der Waals surface area contributed by atoms with Crippen LogP contribution in [0.15, 0.2) is 0 Å². The molecule has 0 bridgehead atoms. The fraction of sp³-hybridized carbons (Fsp3) is 0.909. The molecule has 0 aliphatic carbocycles. The van der Waals surface area contributed by atoms with E-state index in [1.165, 1.54) is 0 Å². The van der Waals surface area contributed by atoms with E-state index in [9.17, 15) is 4.79 Å². The third-order valence-electron chi connectivity index (χ3n) is 2.09. The standard InChI is InChI=1S/C11H24N2O2/c1-10(2)9-13(7-8-15-4)11(14)5-6-12-3/h10,12H,5-9H2,1-4H3. The van der Waals surface area contributed by atoms with Crippen LogP contribution in [0.25, 0.3) is 0 Å². The Hall–Kier alpha value is -0.610. The van der Waals surface area contributed by atoms with Gasteiger partial charge in [0.25, 0.3) is 0 Å². The molecule has 15 heavy (non-hydrogen) atoms. The molecule has 0 saturated carbocycles. The molecule has 0 aliphatic heterocycles. The quantitative estimate of drug-likeness (QED) is 0.650. The molecule has 1 N–H and O–H groups in total. The Morgan fingerprint density at radius 3 is 2.60 bits per heavy atom. The zero-order valence-electron chi connectivity index (χ0n) is 10.4. The van der Waals surface area contributed by atoms with Gasteiger partial charge in [0.1, 0.15) is 0 Å². The molecule has 0 heterocycles. The lowest BCUT2D eigenvalue weighted by atomic mass is 10.2. The molecular formula is C11H24N2O2. The van der Waals surface area contributed by atoms with Crippen LogP contribution in [0.4, 0.5) is 0 Å². The van der Waals surface area contributed by atoms with Crippen molar-refractivity contribution in [2.75, 3.05) is 40.4 Å². The number of hydrogen-bond donors (Lipinski definition) is 1. The highest BCUT2D eigenvalue weighted by Gasteiger charge is 2.13. The smallest absolute Gasteiger partial charge is 0.223 e. The molecule has 90 valence electrons. The summed E-state index contributed by atoms with van der Waals surface area (Å²) in [7, 11) is 3.51. The van der Waals surface area contributed by atoms with Crippen molar-refractivity contribution in [3.63, 3.8) is 0 Å². The zero-order valence-corrected chi connectivity index (χ0v) is 10.4. The summed E-state index contributed by atoms with van der Waals surface area (Å²) in [6.45, 7) is 7.08. The number of hydrogen-bond acceptors (Lipinski definition) is 3. The third kappa shape index (κ3) is 7.33. The maximum atomic E-state index is 11.8. The SMILES string of the molecule is CNCCC(=O)N(CCOC)CC(C)C. The van der Waals surface area contributed by atoms with Crippen molar-refractivity contribution in [3.8, 4) is 0 Å². The van der Waals surface area contributed by atoms with E-state index in [1.54, 1.807) is 7.11 Å². The minimum absolute atomic E-state index is 0.204. The highest BCUT2D eigenvalue weighted by Crippen LogP contribution is 2.01. The van der Waals surface area contributed by atoms with E-state index in [0.717, 1.165) is 13.1 Å². The van der Waals surface area contributed by atoms with Crippen LogP contribution >= 0.6 is 0 Å². The number of carbonyl (C=O) groups excluding carboxylic acids is 1. The number of amides is 1. The monoisotopic (exact) mass is 216 g/mol. The van der Waals surface area contributed by atoms with E-state index in [1.807, 2.05) is 11.9 Å². The van der Waals surface area contributed by atoms with Gasteiger partial charge < -0.3 is 15.0 Å². The van der Waals surface area contributed by atoms with Gasteiger partial charge in [-0.1, -0.05) is 13.8 Å². The van der Waals surface area contributed by atoms with Gasteiger partial charge >= 0.3 is 0 Å². The Kier molecular flexibility index (Phi) is 8.33. The topological polar surface area (TPSA) is 41.6 Å². The van der Waals surface area contributed by atoms with E-state index < -0.39 is 0 Å². The van der Waals surface area contributed by atoms with Crippen LogP contribution in [0, 0.1) is 5.92 Å². The van der Waals surface area contributed by atoms with Crippen molar-refractivity contribution in [2.45, 2.75) is 20.3 Å². The molecule has 0 aromatic rings. The van der Waals surface area contributed by atoms with Crippen molar-refractivity contribution in [1.82, 2.24) is 10.2 Å². The predicted octanol–water partition coefficient (Wildman–Crippen LogP) is 0.727. The first-order valence-electron chi connectivity index (χ1n) is 5.53. The highest BCUT2D eigenvalue weighted by atomic mass is 16.5. The van der Waals surface area contributed by atoms with E-state index in [0.29, 0.717) is 25.5 Å². The number of ether oxygens (including phenoxy) is 1. The molecule has 0 spiro atoms. The van der Waals surface area contributed by atoms with Gasteiger partial charge in [-0.25, -0.2) is 0 Å². The van der Waals surface area contributed by atoms with Crippen LogP contribution in [0.3, 0.4) is 0 Å². The molecule has 4 heteroatoms. The molecule has 0 unspecified atom stereocenters. The van der Waals surface area contributed by atoms with Crippen molar-refractivity contribution >= 4 is 5.91 Å². The molecule has 0 fully saturated rings. The number of methoxy groups -OCH3 is 1. The number of carbonyl (C=O) groups is 1. The average molecular weight is 216 g/mol. The molecule has 1 amide bonds. The lowest BCUT2D eigenvalue weighted by Gasteiger charge is -2.24. The van der Waals surface area contributed by atoms with E-state index in [4.69, 9.17) is 4.74 Å². The van der Waals surface area contributed by atoms with E-state index in [2.05, 4.69) is 19.2 Å². The summed E-state index contributed by atoms with van der Waals surface area (Å²) in [5.74, 6) is 0.704. The lowest BCUT2D eigenvalue weighted by Crippen LogP contribution is -2.37. The predicted molar refractivity (Wildman–Crippen MR) is 61.8 cm³/mol. The Bertz CT molecular complexity index is 172. The number of nitrogens with zero attached hydrogens (tertiary/aromatic N) is 1. The first-order chi connectivity index (χ1) is 7.11. The summed E-state index contributed by atoms with van der Waals surface area (Å²) in [5, 5.41) is 2.98. The van der Waals surface area contributed by atoms with Crippen molar-refractivity contribution < 1.29 is 9.53 Å². The largest absolute Gasteiger partial charge is 0.383 e. The molecule has 0 radical (unpaired) electrons. The molecule has 0 aromatic heterocycles. The molecule has 0 aromatic carbocycles. The van der Waals surface area contributed by atoms with Gasteiger partial charge in [-0.2, -0.15) is 0 Å². The molecule has 4 nitrogen and oxygen atoms in total. The fourth-order valence-electron chi connectivity index (χ4n) is 1.35. The van der Waals surface area contributed by atoms with Crippen LogP contribution in [0.1, 0.15) is 20.3 Å². The average Bonchev–Trinajstić information content (AvgIpc) is 2.20. The molecular weight excluding hydrogens is 192 g/mol. The zero-order chi connectivity index (χ0) is 11.7. The van der Waals surface area contributed by atoms with Crippen LogP contribution in [0.2, 0.25) is 0 Å². The Balaban J connectivity index is 4.02. The lowest BCUT2D eigenvalue weighted by molar-refractivity contribution is -0.132. The van der Waals surface area contributed by atoms with Crippen LogP contribution in [0.5, 0.6) is 0 Å². The first-order valence-corrected chi connectivity index (χ1v) is 5.53. The third-order valence-corrected chi connectivity index (χ3v) is 2.09. The van der Waals surface area contributed by atoms with Gasteiger partial charge in [0.05, 0.1) is 6.61 Å². The summed E-state index contributed by atoms with van der Waals surface area (Å²) in [6, 6.07) is 0. The Morgan fingerprint density at radius 1 is 1.47 bits per heavy atom. The normalized spacial score (nSPS) is 10.7. The molecule has 0 saturated heterocycles. The molecule has 0 aliphatic rings. The summed E-state index contributed by atoms with van der Waals surface area (Å²) in [5.41, 5.74) is 0. The molecule has 0 rings (SSSR count). The van der Waals surface area contributed by atoms with Gasteiger partial charge in [-0.3, -0.25) is 4.79 Å². The summed E-state index contributed by atoms with van der Waals surface area (Å²) < 4.78 is 5.00. The van der Waals surface area contributed by atoms with Gasteiger partial charge in [-0.05, 0) is 13.0 Å². The number of rotatable bonds is 8. The van der Waals surface area contributed by atoms with E-state index in [-0.39, 0.29) is 5.91 Å². The maximum absolute atomic E-state index is 11.8. The van der Waals surface area contributed by atoms with Crippen LogP contribution in [-0.4, -0.2) is 51.2 Å². The van der Waals surface area contributed by atoms with Crippen LogP contribution < -0.4 is 5.32 Å². The second-order valence-electron chi connectivity index (χ2n) is 4.08. The first kappa shape index (κ1) is 14.4. The van der Waals surface area contributed by atoms with Crippen molar-refractivity contribution in [2.24, 2.45) is 5.92 Å². The fourth-order valence-corrected chi connectivity index (χ4v) is 1.35. The van der Waals surface area contributed by atoms with Gasteiger partial charge in [0.2, 0.25) is 5.91 Å². The van der Waals surface area contributed by atoms with E-state index >= 15 is 0 Å². The molecule has 0 atom stereocenters. The Labute approximate surface area is 93.0 Å². The second kappa shape index (κ2) is 8.68. The van der Waals surface area contributed by atoms with Gasteiger partial charge in [-0.15, -0.1) is 0 Å². The minimum Gasteiger partial charge on any atom is -0.383 e. The summed E-state index contributed by atoms with van der Waals surface area (Å²) >= 11 is 0. The summed E-state index contributed by atoms with van der Waals surface area (Å²) in [6.07, 6.45) is 0.562. The minimum atomic E-state index is 0.204. The van der Waals surface area contributed by atoms with Gasteiger partial charge in [0, 0.05) is 33.2 Å². The van der Waals surface area contributed by atoms with Crippen molar-refractivity contribution in [1.29, 1.82) is 0 Å². The van der Waals surface area contributed by atoms with Crippen molar-refractivity contribution in [3.05, 3.63) is 0 Å². The maximum Gasteiger partial charge on any atom is 0.223 e. The van der Waals surface area contributed by atoms with Crippen LogP contribution in [-0.2, 0) is 9.53 Å². The number of nitrogens with one attached hydrogen (secondary N) is 1. The van der Waals surface area contributed by atoms with Gasteiger partial charge in [0.15, 0.2) is 0 Å². The highest BCUT2D eigenvalue weighted by molar-refractivity contribution is 5.76. The second-order valence-corrected chi connectivity index (χ2v) is 4.08.